The van der Waals surface area contributed by atoms with E-state index in [0.29, 0.717) is 0 Å². The molecule has 1 heterocycles. The Morgan fingerprint density at radius 2 is 2.38 bits per heavy atom. The van der Waals surface area contributed by atoms with Crippen molar-refractivity contribution in [1.29, 1.82) is 0 Å². The lowest BCUT2D eigenvalue weighted by atomic mass is 10.2. The fraction of sp³-hybridized carbons (Fsp3) is 0.364. The van der Waals surface area contributed by atoms with Crippen LogP contribution in [-0.2, 0) is 6.54 Å². The number of rotatable bonds is 3. The van der Waals surface area contributed by atoms with E-state index < -0.39 is 0 Å². The summed E-state index contributed by atoms with van der Waals surface area (Å²) in [6.07, 6.45) is 3.70. The number of aryl methyl sites for hydroxylation is 1. The average molecular weight is 174 g/mol. The smallest absolute Gasteiger partial charge is 0.0579 e. The third kappa shape index (κ3) is 3.27. The minimum Gasteiger partial charge on any atom is -0.302 e. The number of aromatic nitrogens is 1. The molecule has 0 bridgehead atoms. The Bertz CT molecular complexity index is 320. The van der Waals surface area contributed by atoms with Gasteiger partial charge in [-0.15, -0.1) is 5.92 Å². The molecule has 0 aliphatic carbocycles. The molecular formula is C11H14N2. The van der Waals surface area contributed by atoms with Gasteiger partial charge in [-0.3, -0.25) is 4.98 Å². The largest absolute Gasteiger partial charge is 0.302 e. The van der Waals surface area contributed by atoms with Crippen LogP contribution in [-0.4, -0.2) is 11.5 Å². The van der Waals surface area contributed by atoms with E-state index in [4.69, 9.17) is 0 Å². The maximum atomic E-state index is 4.07. The number of pyridine rings is 1. The molecule has 1 aromatic rings. The van der Waals surface area contributed by atoms with Gasteiger partial charge in [0.05, 0.1) is 6.54 Å². The molecule has 13 heavy (non-hydrogen) atoms. The molecule has 1 N–H and O–H groups in total. The van der Waals surface area contributed by atoms with E-state index in [2.05, 4.69) is 29.1 Å². The van der Waals surface area contributed by atoms with E-state index in [0.717, 1.165) is 13.1 Å². The Labute approximate surface area is 79.4 Å². The second kappa shape index (κ2) is 5.34. The first-order valence-corrected chi connectivity index (χ1v) is 4.34. The second-order valence-corrected chi connectivity index (χ2v) is 2.83. The molecule has 0 atom stereocenters. The summed E-state index contributed by atoms with van der Waals surface area (Å²) in [4.78, 5) is 4.07. The van der Waals surface area contributed by atoms with Crippen molar-refractivity contribution in [3.05, 3.63) is 29.6 Å². The first-order valence-electron chi connectivity index (χ1n) is 4.34. The van der Waals surface area contributed by atoms with Crippen molar-refractivity contribution in [2.45, 2.75) is 20.4 Å². The molecule has 68 valence electrons. The predicted molar refractivity (Wildman–Crippen MR) is 54.1 cm³/mol. The summed E-state index contributed by atoms with van der Waals surface area (Å²) in [5.41, 5.74) is 2.51. The van der Waals surface area contributed by atoms with Crippen molar-refractivity contribution >= 4 is 0 Å². The fourth-order valence-corrected chi connectivity index (χ4v) is 1.03. The topological polar surface area (TPSA) is 24.9 Å². The summed E-state index contributed by atoms with van der Waals surface area (Å²) >= 11 is 0. The van der Waals surface area contributed by atoms with E-state index in [1.807, 2.05) is 25.4 Å². The predicted octanol–water partition coefficient (Wildman–Crippen LogP) is 1.50. The van der Waals surface area contributed by atoms with Crippen molar-refractivity contribution in [3.8, 4) is 11.8 Å². The molecule has 2 heteroatoms. The highest BCUT2D eigenvalue weighted by Crippen LogP contribution is 2.03. The van der Waals surface area contributed by atoms with Gasteiger partial charge in [0.15, 0.2) is 0 Å². The lowest BCUT2D eigenvalue weighted by molar-refractivity contribution is 0.762. The minimum atomic E-state index is 0.741. The van der Waals surface area contributed by atoms with Gasteiger partial charge < -0.3 is 5.32 Å². The molecule has 0 saturated heterocycles. The van der Waals surface area contributed by atoms with Crippen LogP contribution in [0, 0.1) is 18.8 Å². The Balaban J connectivity index is 2.44. The van der Waals surface area contributed by atoms with Crippen LogP contribution in [0.25, 0.3) is 0 Å². The molecule has 0 fully saturated rings. The Morgan fingerprint density at radius 1 is 1.54 bits per heavy atom. The normalized spacial score (nSPS) is 9.08. The molecule has 0 aliphatic heterocycles. The lowest BCUT2D eigenvalue weighted by Gasteiger charge is -2.03. The van der Waals surface area contributed by atoms with Crippen LogP contribution in [0.5, 0.6) is 0 Å². The van der Waals surface area contributed by atoms with Crippen LogP contribution in [0.3, 0.4) is 0 Å². The monoisotopic (exact) mass is 174 g/mol. The van der Waals surface area contributed by atoms with Crippen LogP contribution in [0.2, 0.25) is 0 Å². The summed E-state index contributed by atoms with van der Waals surface area (Å²) in [7, 11) is 0. The average Bonchev–Trinajstić information content (AvgIpc) is 2.15. The van der Waals surface area contributed by atoms with Crippen molar-refractivity contribution in [2.75, 3.05) is 6.54 Å². The van der Waals surface area contributed by atoms with E-state index in [1.165, 1.54) is 11.1 Å². The third-order valence-electron chi connectivity index (χ3n) is 1.85. The van der Waals surface area contributed by atoms with Crippen molar-refractivity contribution in [3.63, 3.8) is 0 Å². The van der Waals surface area contributed by atoms with E-state index in [-0.39, 0.29) is 0 Å². The summed E-state index contributed by atoms with van der Waals surface area (Å²) in [6.45, 7) is 5.51. The maximum absolute atomic E-state index is 4.07. The zero-order valence-corrected chi connectivity index (χ0v) is 8.09. The van der Waals surface area contributed by atoms with Crippen LogP contribution in [0.4, 0.5) is 0 Å². The molecule has 2 nitrogen and oxygen atoms in total. The van der Waals surface area contributed by atoms with Gasteiger partial charge in [0.1, 0.15) is 0 Å². The molecule has 0 saturated carbocycles. The summed E-state index contributed by atoms with van der Waals surface area (Å²) in [6, 6.07) is 2.02. The van der Waals surface area contributed by atoms with Gasteiger partial charge >= 0.3 is 0 Å². The molecule has 0 aliphatic rings. The van der Waals surface area contributed by atoms with Crippen LogP contribution in [0.15, 0.2) is 18.5 Å². The van der Waals surface area contributed by atoms with Gasteiger partial charge in [-0.25, -0.2) is 0 Å². The fourth-order valence-electron chi connectivity index (χ4n) is 1.03. The van der Waals surface area contributed by atoms with Crippen LogP contribution < -0.4 is 5.32 Å². The molecule has 0 radical (unpaired) electrons. The molecule has 0 unspecified atom stereocenters. The molecular weight excluding hydrogens is 160 g/mol. The van der Waals surface area contributed by atoms with Crippen molar-refractivity contribution in [1.82, 2.24) is 10.3 Å². The number of nitrogens with one attached hydrogen (secondary N) is 1. The van der Waals surface area contributed by atoms with Gasteiger partial charge in [-0.1, -0.05) is 5.92 Å². The second-order valence-electron chi connectivity index (χ2n) is 2.83. The van der Waals surface area contributed by atoms with Crippen molar-refractivity contribution < 1.29 is 0 Å². The van der Waals surface area contributed by atoms with Crippen molar-refractivity contribution in [2.24, 2.45) is 0 Å². The molecule has 0 aromatic carbocycles. The summed E-state index contributed by atoms with van der Waals surface area (Å²) in [5, 5.41) is 3.23. The highest BCUT2D eigenvalue weighted by atomic mass is 14.8. The van der Waals surface area contributed by atoms with Crippen LogP contribution in [0.1, 0.15) is 18.1 Å². The lowest BCUT2D eigenvalue weighted by Crippen LogP contribution is -2.14. The Morgan fingerprint density at radius 3 is 3.08 bits per heavy atom. The van der Waals surface area contributed by atoms with E-state index >= 15 is 0 Å². The Kier molecular flexibility index (Phi) is 4.01. The van der Waals surface area contributed by atoms with Gasteiger partial charge in [-0.05, 0) is 31.0 Å². The number of nitrogens with zero attached hydrogens (tertiary/aromatic N) is 1. The highest BCUT2D eigenvalue weighted by Gasteiger charge is 1.94. The van der Waals surface area contributed by atoms with Crippen LogP contribution >= 0.6 is 0 Å². The number of hydrogen-bond acceptors (Lipinski definition) is 2. The van der Waals surface area contributed by atoms with Gasteiger partial charge in [0, 0.05) is 18.9 Å². The third-order valence-corrected chi connectivity index (χ3v) is 1.85. The zero-order valence-electron chi connectivity index (χ0n) is 8.09. The maximum Gasteiger partial charge on any atom is 0.0579 e. The van der Waals surface area contributed by atoms with Gasteiger partial charge in [-0.2, -0.15) is 0 Å². The Hall–Kier alpha value is -1.33. The summed E-state index contributed by atoms with van der Waals surface area (Å²) < 4.78 is 0. The van der Waals surface area contributed by atoms with Gasteiger partial charge in [0.2, 0.25) is 0 Å². The quantitative estimate of drug-likeness (QED) is 0.555. The number of hydrogen-bond donors (Lipinski definition) is 1. The van der Waals surface area contributed by atoms with E-state index in [9.17, 15) is 0 Å². The standard InChI is InChI=1S/C11H14N2/c1-3-4-6-12-8-11-9-13-7-5-10(11)2/h5,7,9,12H,6,8H2,1-2H3. The van der Waals surface area contributed by atoms with Gasteiger partial charge in [0.25, 0.3) is 0 Å². The SMILES string of the molecule is CC#CCNCc1cnccc1C. The minimum absolute atomic E-state index is 0.741. The molecule has 1 rings (SSSR count). The first kappa shape index (κ1) is 9.76. The first-order chi connectivity index (χ1) is 6.34. The van der Waals surface area contributed by atoms with E-state index in [1.54, 1.807) is 0 Å². The zero-order chi connectivity index (χ0) is 9.52. The molecule has 0 amide bonds. The highest BCUT2D eigenvalue weighted by molar-refractivity contribution is 5.21. The molecule has 0 spiro atoms. The molecule has 1 aromatic heterocycles. The summed E-state index contributed by atoms with van der Waals surface area (Å²) in [5.74, 6) is 5.80.